The van der Waals surface area contributed by atoms with Gasteiger partial charge in [-0.15, -0.1) is 0 Å². The first-order chi connectivity index (χ1) is 10.8. The van der Waals surface area contributed by atoms with E-state index in [4.69, 9.17) is 0 Å². The molecule has 0 saturated carbocycles. The second kappa shape index (κ2) is 9.22. The first-order valence-corrected chi connectivity index (χ1v) is 7.49. The van der Waals surface area contributed by atoms with E-state index < -0.39 is 12.8 Å². The van der Waals surface area contributed by atoms with Gasteiger partial charge in [-0.05, 0) is 25.0 Å². The molecule has 0 bridgehead atoms. The van der Waals surface area contributed by atoms with Crippen LogP contribution in [0.1, 0.15) is 38.7 Å². The third-order valence-electron chi connectivity index (χ3n) is 3.00. The summed E-state index contributed by atoms with van der Waals surface area (Å²) in [5.41, 5.74) is 0.605. The van der Waals surface area contributed by atoms with Crippen LogP contribution in [0.4, 0.5) is 18.0 Å². The van der Waals surface area contributed by atoms with Crippen molar-refractivity contribution >= 4 is 6.03 Å². The molecule has 130 valence electrons. The van der Waals surface area contributed by atoms with Crippen molar-refractivity contribution < 1.29 is 22.7 Å². The number of carbonyl (C=O) groups excluding carboxylic acids is 1. The van der Waals surface area contributed by atoms with Crippen LogP contribution in [0, 0.1) is 0 Å². The zero-order valence-electron chi connectivity index (χ0n) is 13.2. The lowest BCUT2D eigenvalue weighted by Crippen LogP contribution is -2.40. The van der Waals surface area contributed by atoms with E-state index in [9.17, 15) is 18.0 Å². The number of carbonyl (C=O) groups is 1. The molecule has 0 fully saturated rings. The van der Waals surface area contributed by atoms with E-state index in [0.717, 1.165) is 19.3 Å². The normalized spacial score (nSPS) is 12.6. The van der Waals surface area contributed by atoms with Gasteiger partial charge in [-0.3, -0.25) is 0 Å². The maximum Gasteiger partial charge on any atom is 0.422 e. The minimum Gasteiger partial charge on any atom is -0.468 e. The lowest BCUT2D eigenvalue weighted by atomic mass is 10.1. The van der Waals surface area contributed by atoms with Crippen LogP contribution in [-0.4, -0.2) is 29.8 Å². The molecule has 0 aliphatic carbocycles. The van der Waals surface area contributed by atoms with Crippen LogP contribution in [-0.2, 0) is 6.54 Å². The zero-order chi connectivity index (χ0) is 17.3. The molecule has 23 heavy (non-hydrogen) atoms. The molecule has 1 unspecified atom stereocenters. The number of aromatic nitrogens is 1. The molecule has 1 aromatic rings. The Morgan fingerprint density at radius 1 is 1.43 bits per heavy atom. The van der Waals surface area contributed by atoms with Crippen molar-refractivity contribution in [1.29, 1.82) is 0 Å². The van der Waals surface area contributed by atoms with Gasteiger partial charge in [0, 0.05) is 24.8 Å². The number of rotatable bonds is 8. The fraction of sp³-hybridized carbons (Fsp3) is 0.600. The van der Waals surface area contributed by atoms with E-state index >= 15 is 0 Å². The summed E-state index contributed by atoms with van der Waals surface area (Å²) in [5, 5.41) is 5.45. The summed E-state index contributed by atoms with van der Waals surface area (Å²) in [7, 11) is 0. The van der Waals surface area contributed by atoms with Crippen molar-refractivity contribution in [2.24, 2.45) is 0 Å². The first-order valence-electron chi connectivity index (χ1n) is 7.49. The van der Waals surface area contributed by atoms with Gasteiger partial charge in [-0.25, -0.2) is 9.78 Å². The molecule has 2 N–H and O–H groups in total. The number of pyridine rings is 1. The van der Waals surface area contributed by atoms with Gasteiger partial charge in [0.05, 0.1) is 0 Å². The van der Waals surface area contributed by atoms with Crippen molar-refractivity contribution in [1.82, 2.24) is 15.6 Å². The zero-order valence-corrected chi connectivity index (χ0v) is 13.2. The minimum absolute atomic E-state index is 0.0677. The molecular formula is C15H22F3N3O2. The van der Waals surface area contributed by atoms with E-state index in [1.165, 1.54) is 12.3 Å². The predicted molar refractivity (Wildman–Crippen MR) is 80.1 cm³/mol. The molecular weight excluding hydrogens is 311 g/mol. The summed E-state index contributed by atoms with van der Waals surface area (Å²) < 4.78 is 40.8. The molecule has 1 atom stereocenters. The first kappa shape index (κ1) is 19.1. The summed E-state index contributed by atoms with van der Waals surface area (Å²) in [6.45, 7) is 2.78. The molecule has 1 aromatic heterocycles. The highest BCUT2D eigenvalue weighted by molar-refractivity contribution is 5.74. The highest BCUT2D eigenvalue weighted by Gasteiger charge is 2.28. The van der Waals surface area contributed by atoms with Gasteiger partial charge in [0.15, 0.2) is 6.61 Å². The van der Waals surface area contributed by atoms with Crippen molar-refractivity contribution in [2.75, 3.05) is 6.61 Å². The highest BCUT2D eigenvalue weighted by atomic mass is 19.4. The molecule has 8 heteroatoms. The molecule has 0 spiro atoms. The predicted octanol–water partition coefficient (Wildman–Crippen LogP) is 3.40. The number of alkyl halides is 3. The van der Waals surface area contributed by atoms with Crippen LogP contribution in [0.2, 0.25) is 0 Å². The van der Waals surface area contributed by atoms with Gasteiger partial charge in [-0.2, -0.15) is 13.2 Å². The van der Waals surface area contributed by atoms with Gasteiger partial charge in [0.1, 0.15) is 0 Å². The van der Waals surface area contributed by atoms with Gasteiger partial charge < -0.3 is 15.4 Å². The fourth-order valence-corrected chi connectivity index (χ4v) is 1.83. The van der Waals surface area contributed by atoms with Crippen LogP contribution in [0.25, 0.3) is 0 Å². The Kier molecular flexibility index (Phi) is 7.64. The number of nitrogens with one attached hydrogen (secondary N) is 2. The molecule has 0 aromatic carbocycles. The van der Waals surface area contributed by atoms with Crippen molar-refractivity contribution in [3.8, 4) is 5.88 Å². The Morgan fingerprint density at radius 3 is 2.83 bits per heavy atom. The molecule has 2 amide bonds. The second-order valence-electron chi connectivity index (χ2n) is 5.28. The summed E-state index contributed by atoms with van der Waals surface area (Å²) in [5.74, 6) is -0.127. The lowest BCUT2D eigenvalue weighted by molar-refractivity contribution is -0.154. The Labute approximate surface area is 133 Å². The SMILES string of the molecule is CCCCC(C)NC(=O)NCc1ccnc(OCC(F)(F)F)c1. The van der Waals surface area contributed by atoms with Gasteiger partial charge >= 0.3 is 12.2 Å². The van der Waals surface area contributed by atoms with Gasteiger partial charge in [0.2, 0.25) is 5.88 Å². The number of ether oxygens (including phenoxy) is 1. The highest BCUT2D eigenvalue weighted by Crippen LogP contribution is 2.17. The quantitative estimate of drug-likeness (QED) is 0.766. The Bertz CT molecular complexity index is 495. The standard InChI is InChI=1S/C15H22F3N3O2/c1-3-4-5-11(2)21-14(22)20-9-12-6-7-19-13(8-12)23-10-15(16,17)18/h6-8,11H,3-5,9-10H2,1-2H3,(H2,20,21,22). The van der Waals surface area contributed by atoms with E-state index in [0.29, 0.717) is 5.56 Å². The Morgan fingerprint density at radius 2 is 2.17 bits per heavy atom. The number of nitrogens with zero attached hydrogens (tertiary/aromatic N) is 1. The largest absolute Gasteiger partial charge is 0.468 e. The molecule has 0 aliphatic heterocycles. The summed E-state index contributed by atoms with van der Waals surface area (Å²) in [4.78, 5) is 15.4. The smallest absolute Gasteiger partial charge is 0.422 e. The summed E-state index contributed by atoms with van der Waals surface area (Å²) >= 11 is 0. The molecule has 0 radical (unpaired) electrons. The lowest BCUT2D eigenvalue weighted by Gasteiger charge is -2.14. The third-order valence-corrected chi connectivity index (χ3v) is 3.00. The van der Waals surface area contributed by atoms with Gasteiger partial charge in [-0.1, -0.05) is 19.8 Å². The molecule has 1 rings (SSSR count). The number of hydrogen-bond donors (Lipinski definition) is 2. The number of amides is 2. The van der Waals surface area contributed by atoms with E-state index in [1.807, 2.05) is 6.92 Å². The molecule has 5 nitrogen and oxygen atoms in total. The third kappa shape index (κ3) is 8.90. The monoisotopic (exact) mass is 333 g/mol. The maximum atomic E-state index is 12.1. The topological polar surface area (TPSA) is 63.2 Å². The van der Waals surface area contributed by atoms with Crippen LogP contribution >= 0.6 is 0 Å². The minimum atomic E-state index is -4.41. The average molecular weight is 333 g/mol. The number of hydrogen-bond acceptors (Lipinski definition) is 3. The van der Waals surface area contributed by atoms with E-state index in [-0.39, 0.29) is 24.5 Å². The van der Waals surface area contributed by atoms with E-state index in [1.54, 1.807) is 6.07 Å². The summed E-state index contributed by atoms with van der Waals surface area (Å²) in [6, 6.07) is 2.72. The van der Waals surface area contributed by atoms with Crippen LogP contribution in [0.5, 0.6) is 5.88 Å². The second-order valence-corrected chi connectivity index (χ2v) is 5.28. The summed E-state index contributed by atoms with van der Waals surface area (Å²) in [6.07, 6.45) is -0.0827. The molecule has 0 aliphatic rings. The molecule has 0 saturated heterocycles. The maximum absolute atomic E-state index is 12.1. The number of urea groups is 1. The number of unbranched alkanes of at least 4 members (excludes halogenated alkanes) is 1. The van der Waals surface area contributed by atoms with Gasteiger partial charge in [0.25, 0.3) is 0 Å². The van der Waals surface area contributed by atoms with Crippen molar-refractivity contribution in [3.63, 3.8) is 0 Å². The van der Waals surface area contributed by atoms with Crippen molar-refractivity contribution in [3.05, 3.63) is 23.9 Å². The van der Waals surface area contributed by atoms with Crippen molar-refractivity contribution in [2.45, 2.75) is 51.9 Å². The fourth-order valence-electron chi connectivity index (χ4n) is 1.83. The van der Waals surface area contributed by atoms with Crippen LogP contribution in [0.15, 0.2) is 18.3 Å². The Balaban J connectivity index is 2.41. The van der Waals surface area contributed by atoms with Crippen LogP contribution < -0.4 is 15.4 Å². The van der Waals surface area contributed by atoms with E-state index in [2.05, 4.69) is 27.3 Å². The molecule has 1 heterocycles. The number of halogens is 3. The Hall–Kier alpha value is -1.99. The average Bonchev–Trinajstić information content (AvgIpc) is 2.49. The van der Waals surface area contributed by atoms with Crippen LogP contribution in [0.3, 0.4) is 0 Å².